The van der Waals surface area contributed by atoms with Gasteiger partial charge >= 0.3 is 6.03 Å². The fraction of sp³-hybridized carbons (Fsp3) is 0.188. The number of hydrogen-bond acceptors (Lipinski definition) is 3. The van der Waals surface area contributed by atoms with E-state index in [2.05, 4.69) is 10.6 Å². The zero-order valence-corrected chi connectivity index (χ0v) is 14.2. The van der Waals surface area contributed by atoms with Crippen LogP contribution in [0.5, 0.6) is 11.5 Å². The lowest BCUT2D eigenvalue weighted by Gasteiger charge is -2.11. The monoisotopic (exact) mass is 354 g/mol. The highest BCUT2D eigenvalue weighted by Gasteiger charge is 2.07. The number of nitrogens with one attached hydrogen (secondary N) is 2. The second-order valence-corrected chi connectivity index (χ2v) is 5.44. The summed E-state index contributed by atoms with van der Waals surface area (Å²) in [6, 6.07) is 9.97. The molecule has 0 aliphatic rings. The predicted molar refractivity (Wildman–Crippen MR) is 91.9 cm³/mol. The molecule has 2 aromatic rings. The van der Waals surface area contributed by atoms with Crippen molar-refractivity contribution in [3.63, 3.8) is 0 Å². The quantitative estimate of drug-likeness (QED) is 0.839. The molecule has 122 valence electrons. The highest BCUT2D eigenvalue weighted by atomic mass is 35.5. The van der Waals surface area contributed by atoms with Gasteiger partial charge in [0.25, 0.3) is 0 Å². The molecular weight excluding hydrogens is 339 g/mol. The number of ether oxygens (including phenoxy) is 2. The van der Waals surface area contributed by atoms with Crippen LogP contribution in [0, 0.1) is 0 Å². The predicted octanol–water partition coefficient (Wildman–Crippen LogP) is 4.33. The summed E-state index contributed by atoms with van der Waals surface area (Å²) in [5.74, 6) is 1.13. The molecule has 2 rings (SSSR count). The zero-order valence-electron chi connectivity index (χ0n) is 12.7. The van der Waals surface area contributed by atoms with E-state index in [-0.39, 0.29) is 6.03 Å². The van der Waals surface area contributed by atoms with Gasteiger partial charge < -0.3 is 20.1 Å². The number of hydrogen-bond donors (Lipinski definition) is 2. The number of halogens is 2. The number of rotatable bonds is 5. The van der Waals surface area contributed by atoms with Crippen LogP contribution in [0.3, 0.4) is 0 Å². The van der Waals surface area contributed by atoms with Gasteiger partial charge in [0.15, 0.2) is 11.5 Å². The number of amides is 2. The lowest BCUT2D eigenvalue weighted by Crippen LogP contribution is -2.28. The normalized spacial score (nSPS) is 10.1. The minimum absolute atomic E-state index is 0.329. The van der Waals surface area contributed by atoms with Crippen molar-refractivity contribution >= 4 is 34.9 Å². The van der Waals surface area contributed by atoms with Crippen LogP contribution in [-0.2, 0) is 6.54 Å². The SMILES string of the molecule is COc1ccc(NC(=O)NCc2ccc(Cl)c(Cl)c2)cc1OC. The van der Waals surface area contributed by atoms with Crippen LogP contribution >= 0.6 is 23.2 Å². The number of carbonyl (C=O) groups is 1. The van der Waals surface area contributed by atoms with E-state index in [0.717, 1.165) is 5.56 Å². The Labute approximate surface area is 144 Å². The molecule has 0 saturated heterocycles. The van der Waals surface area contributed by atoms with E-state index in [1.54, 1.807) is 43.5 Å². The summed E-state index contributed by atoms with van der Waals surface area (Å²) in [6.45, 7) is 0.329. The van der Waals surface area contributed by atoms with E-state index < -0.39 is 0 Å². The van der Waals surface area contributed by atoms with Gasteiger partial charge in [0, 0.05) is 18.3 Å². The number of benzene rings is 2. The fourth-order valence-corrected chi connectivity index (χ4v) is 2.24. The molecule has 0 aliphatic heterocycles. The van der Waals surface area contributed by atoms with E-state index >= 15 is 0 Å². The molecule has 5 nitrogen and oxygen atoms in total. The van der Waals surface area contributed by atoms with Crippen LogP contribution in [0.4, 0.5) is 10.5 Å². The molecule has 2 aromatic carbocycles. The van der Waals surface area contributed by atoms with Crippen molar-refractivity contribution in [3.05, 3.63) is 52.0 Å². The molecule has 0 bridgehead atoms. The standard InChI is InChI=1S/C16H16Cl2N2O3/c1-22-14-6-4-11(8-15(14)23-2)20-16(21)19-9-10-3-5-12(17)13(18)7-10/h3-8H,9H2,1-2H3,(H2,19,20,21). The fourth-order valence-electron chi connectivity index (χ4n) is 1.92. The second-order valence-electron chi connectivity index (χ2n) is 4.63. The van der Waals surface area contributed by atoms with Gasteiger partial charge in [-0.2, -0.15) is 0 Å². The minimum Gasteiger partial charge on any atom is -0.493 e. The molecule has 0 unspecified atom stereocenters. The van der Waals surface area contributed by atoms with Crippen LogP contribution in [0.2, 0.25) is 10.0 Å². The zero-order chi connectivity index (χ0) is 16.8. The Balaban J connectivity index is 1.95. The number of anilines is 1. The first-order valence-corrected chi connectivity index (χ1v) is 7.50. The molecule has 0 aliphatic carbocycles. The maximum absolute atomic E-state index is 11.9. The van der Waals surface area contributed by atoms with Crippen molar-refractivity contribution < 1.29 is 14.3 Å². The number of urea groups is 1. The molecule has 0 aromatic heterocycles. The second kappa shape index (κ2) is 7.94. The van der Waals surface area contributed by atoms with E-state index in [0.29, 0.717) is 33.8 Å². The number of carbonyl (C=O) groups excluding carboxylic acids is 1. The van der Waals surface area contributed by atoms with Crippen molar-refractivity contribution in [2.24, 2.45) is 0 Å². The molecule has 0 fully saturated rings. The average molecular weight is 355 g/mol. The first kappa shape index (κ1) is 17.2. The molecule has 0 spiro atoms. The Bertz CT molecular complexity index is 708. The highest BCUT2D eigenvalue weighted by Crippen LogP contribution is 2.29. The van der Waals surface area contributed by atoms with Crippen molar-refractivity contribution in [2.75, 3.05) is 19.5 Å². The molecule has 0 heterocycles. The topological polar surface area (TPSA) is 59.6 Å². The summed E-state index contributed by atoms with van der Waals surface area (Å²) >= 11 is 11.8. The molecule has 23 heavy (non-hydrogen) atoms. The maximum atomic E-state index is 11.9. The van der Waals surface area contributed by atoms with Gasteiger partial charge in [-0.3, -0.25) is 0 Å². The third kappa shape index (κ3) is 4.68. The number of methoxy groups -OCH3 is 2. The summed E-state index contributed by atoms with van der Waals surface area (Å²) in [6.07, 6.45) is 0. The van der Waals surface area contributed by atoms with E-state index in [4.69, 9.17) is 32.7 Å². The van der Waals surface area contributed by atoms with Gasteiger partial charge in [-0.15, -0.1) is 0 Å². The Morgan fingerprint density at radius 2 is 1.74 bits per heavy atom. The smallest absolute Gasteiger partial charge is 0.319 e. The van der Waals surface area contributed by atoms with Gasteiger partial charge in [0.2, 0.25) is 0 Å². The van der Waals surface area contributed by atoms with E-state index in [9.17, 15) is 4.79 Å². The summed E-state index contributed by atoms with van der Waals surface area (Å²) in [4.78, 5) is 11.9. The molecule has 0 radical (unpaired) electrons. The first-order valence-electron chi connectivity index (χ1n) is 6.74. The highest BCUT2D eigenvalue weighted by molar-refractivity contribution is 6.42. The molecule has 7 heteroatoms. The van der Waals surface area contributed by atoms with Gasteiger partial charge in [-0.1, -0.05) is 29.3 Å². The van der Waals surface area contributed by atoms with E-state index in [1.165, 1.54) is 7.11 Å². The van der Waals surface area contributed by atoms with Gasteiger partial charge in [0.1, 0.15) is 0 Å². The van der Waals surface area contributed by atoms with Crippen molar-refractivity contribution in [1.29, 1.82) is 0 Å². The largest absolute Gasteiger partial charge is 0.493 e. The lowest BCUT2D eigenvalue weighted by atomic mass is 10.2. The molecular formula is C16H16Cl2N2O3. The van der Waals surface area contributed by atoms with Crippen molar-refractivity contribution in [3.8, 4) is 11.5 Å². The summed E-state index contributed by atoms with van der Waals surface area (Å²) < 4.78 is 10.3. The molecule has 0 atom stereocenters. The third-order valence-electron chi connectivity index (χ3n) is 3.08. The molecule has 0 saturated carbocycles. The minimum atomic E-state index is -0.344. The Kier molecular flexibility index (Phi) is 5.96. The van der Waals surface area contributed by atoms with Crippen molar-refractivity contribution in [2.45, 2.75) is 6.54 Å². The average Bonchev–Trinajstić information content (AvgIpc) is 2.55. The summed E-state index contributed by atoms with van der Waals surface area (Å²) in [5.41, 5.74) is 1.44. The Morgan fingerprint density at radius 1 is 1.00 bits per heavy atom. The summed E-state index contributed by atoms with van der Waals surface area (Å²) in [5, 5.41) is 6.38. The van der Waals surface area contributed by atoms with Crippen LogP contribution < -0.4 is 20.1 Å². The van der Waals surface area contributed by atoms with Crippen LogP contribution in [0.25, 0.3) is 0 Å². The van der Waals surface area contributed by atoms with E-state index in [1.807, 2.05) is 0 Å². The van der Waals surface area contributed by atoms with Gasteiger partial charge in [-0.05, 0) is 29.8 Å². The van der Waals surface area contributed by atoms with Crippen LogP contribution in [0.1, 0.15) is 5.56 Å². The third-order valence-corrected chi connectivity index (χ3v) is 3.82. The maximum Gasteiger partial charge on any atom is 0.319 e. The van der Waals surface area contributed by atoms with Crippen LogP contribution in [0.15, 0.2) is 36.4 Å². The Morgan fingerprint density at radius 3 is 2.39 bits per heavy atom. The first-order chi connectivity index (χ1) is 11.0. The Hall–Kier alpha value is -2.11. The van der Waals surface area contributed by atoms with Gasteiger partial charge in [-0.25, -0.2) is 4.79 Å². The summed E-state index contributed by atoms with van der Waals surface area (Å²) in [7, 11) is 3.08. The van der Waals surface area contributed by atoms with Crippen LogP contribution in [-0.4, -0.2) is 20.3 Å². The molecule has 2 N–H and O–H groups in total. The van der Waals surface area contributed by atoms with Crippen molar-refractivity contribution in [1.82, 2.24) is 5.32 Å². The lowest BCUT2D eigenvalue weighted by molar-refractivity contribution is 0.251. The molecule has 2 amide bonds. The van der Waals surface area contributed by atoms with Gasteiger partial charge in [0.05, 0.1) is 24.3 Å².